The summed E-state index contributed by atoms with van der Waals surface area (Å²) in [6.45, 7) is 1.68. The largest absolute Gasteiger partial charge is 0.459 e. The lowest BCUT2D eigenvalue weighted by molar-refractivity contribution is -0.152. The smallest absolute Gasteiger partial charge is 0.397 e. The predicted molar refractivity (Wildman–Crippen MR) is 59.2 cm³/mol. The molecule has 1 heterocycles. The number of pyridine rings is 1. The van der Waals surface area contributed by atoms with E-state index in [1.54, 1.807) is 6.92 Å². The van der Waals surface area contributed by atoms with Gasteiger partial charge in [0, 0.05) is 0 Å². The first-order chi connectivity index (χ1) is 8.06. The van der Waals surface area contributed by atoms with E-state index in [0.717, 1.165) is 0 Å². The summed E-state index contributed by atoms with van der Waals surface area (Å²) in [4.78, 5) is 26.0. The number of nitrogens with one attached hydrogen (secondary N) is 1. The van der Waals surface area contributed by atoms with Crippen molar-refractivity contribution in [2.45, 2.75) is 6.92 Å². The maximum Gasteiger partial charge on any atom is 0.397 e. The van der Waals surface area contributed by atoms with Gasteiger partial charge in [0.05, 0.1) is 18.2 Å². The highest BCUT2D eigenvalue weighted by Crippen LogP contribution is 2.13. The Morgan fingerprint density at radius 1 is 1.59 bits per heavy atom. The van der Waals surface area contributed by atoms with Crippen LogP contribution in [0.4, 0.5) is 5.82 Å². The van der Waals surface area contributed by atoms with Gasteiger partial charge in [0.15, 0.2) is 0 Å². The van der Waals surface area contributed by atoms with Crippen LogP contribution in [0.25, 0.3) is 0 Å². The van der Waals surface area contributed by atoms with Gasteiger partial charge in [0.2, 0.25) is 0 Å². The zero-order valence-corrected chi connectivity index (χ0v) is 9.61. The van der Waals surface area contributed by atoms with E-state index >= 15 is 0 Å². The van der Waals surface area contributed by atoms with E-state index in [-0.39, 0.29) is 23.1 Å². The predicted octanol–water partition coefficient (Wildman–Crippen LogP) is 1.11. The minimum atomic E-state index is -1.02. The van der Waals surface area contributed by atoms with Crippen LogP contribution in [-0.4, -0.2) is 23.5 Å². The van der Waals surface area contributed by atoms with E-state index in [4.69, 9.17) is 16.9 Å². The average Bonchev–Trinajstić information content (AvgIpc) is 2.28. The molecule has 1 aromatic rings. The number of carbonyl (C=O) groups is 2. The summed E-state index contributed by atoms with van der Waals surface area (Å²) in [5.41, 5.74) is 0.226. The van der Waals surface area contributed by atoms with Gasteiger partial charge in [-0.3, -0.25) is 4.79 Å². The number of amides is 1. The summed E-state index contributed by atoms with van der Waals surface area (Å²) in [5.74, 6) is -1.97. The molecule has 0 atom stereocenters. The maximum absolute atomic E-state index is 11.3. The Morgan fingerprint density at radius 3 is 2.88 bits per heavy atom. The number of nitriles is 1. The summed E-state index contributed by atoms with van der Waals surface area (Å²) in [7, 11) is 0. The molecule has 0 bridgehead atoms. The van der Waals surface area contributed by atoms with Gasteiger partial charge < -0.3 is 10.1 Å². The number of anilines is 1. The van der Waals surface area contributed by atoms with E-state index in [9.17, 15) is 9.59 Å². The average molecular weight is 254 g/mol. The first kappa shape index (κ1) is 12.9. The van der Waals surface area contributed by atoms with Crippen LogP contribution in [0.15, 0.2) is 12.1 Å². The van der Waals surface area contributed by atoms with Crippen molar-refractivity contribution in [2.24, 2.45) is 0 Å². The topological polar surface area (TPSA) is 92.1 Å². The molecule has 0 aromatic carbocycles. The lowest BCUT2D eigenvalue weighted by Crippen LogP contribution is -2.25. The van der Waals surface area contributed by atoms with Crippen LogP contribution in [0.1, 0.15) is 12.5 Å². The molecule has 0 saturated heterocycles. The fraction of sp³-hybridized carbons (Fsp3) is 0.200. The summed E-state index contributed by atoms with van der Waals surface area (Å²) in [6, 6.07) is 4.47. The highest BCUT2D eigenvalue weighted by Gasteiger charge is 2.15. The normalized spacial score (nSPS) is 9.24. The Hall–Kier alpha value is -2.13. The summed E-state index contributed by atoms with van der Waals surface area (Å²) < 4.78 is 4.49. The molecule has 0 aliphatic rings. The molecule has 0 saturated carbocycles. The highest BCUT2D eigenvalue weighted by molar-refractivity contribution is 6.37. The van der Waals surface area contributed by atoms with Gasteiger partial charge in [-0.15, -0.1) is 0 Å². The number of esters is 1. The van der Waals surface area contributed by atoms with E-state index in [2.05, 4.69) is 15.0 Å². The van der Waals surface area contributed by atoms with Crippen LogP contribution in [0.3, 0.4) is 0 Å². The fourth-order valence-electron chi connectivity index (χ4n) is 0.989. The number of carbonyl (C=O) groups excluding carboxylic acids is 2. The molecule has 0 fully saturated rings. The first-order valence-corrected chi connectivity index (χ1v) is 5.00. The molecule has 1 amide bonds. The molecule has 7 heteroatoms. The van der Waals surface area contributed by atoms with Crippen molar-refractivity contribution >= 4 is 29.3 Å². The molecule has 0 aliphatic carbocycles. The van der Waals surface area contributed by atoms with Crippen LogP contribution in [0, 0.1) is 11.3 Å². The van der Waals surface area contributed by atoms with Gasteiger partial charge >= 0.3 is 11.9 Å². The SMILES string of the molecule is CCOC(=O)C(=O)Nc1cc(C#N)cc(Cl)n1. The Morgan fingerprint density at radius 2 is 2.29 bits per heavy atom. The molecule has 0 aliphatic heterocycles. The summed E-state index contributed by atoms with van der Waals surface area (Å²) in [5, 5.41) is 10.9. The molecule has 0 radical (unpaired) electrons. The molecule has 1 rings (SSSR count). The van der Waals surface area contributed by atoms with Gasteiger partial charge in [-0.1, -0.05) is 11.6 Å². The quantitative estimate of drug-likeness (QED) is 0.484. The Labute approximate surface area is 102 Å². The van der Waals surface area contributed by atoms with Gasteiger partial charge in [-0.05, 0) is 19.1 Å². The number of rotatable bonds is 2. The molecule has 6 nitrogen and oxygen atoms in total. The lowest BCUT2D eigenvalue weighted by Gasteiger charge is -2.04. The van der Waals surface area contributed by atoms with Crippen LogP contribution < -0.4 is 5.32 Å². The third-order valence-corrected chi connectivity index (χ3v) is 1.82. The highest BCUT2D eigenvalue weighted by atomic mass is 35.5. The van der Waals surface area contributed by atoms with Crippen LogP contribution in [-0.2, 0) is 14.3 Å². The van der Waals surface area contributed by atoms with Gasteiger partial charge in [0.25, 0.3) is 0 Å². The third-order valence-electron chi connectivity index (χ3n) is 1.63. The third kappa shape index (κ3) is 3.74. The van der Waals surface area contributed by atoms with Crippen molar-refractivity contribution < 1.29 is 14.3 Å². The van der Waals surface area contributed by atoms with Crippen LogP contribution in [0.5, 0.6) is 0 Å². The van der Waals surface area contributed by atoms with Crippen molar-refractivity contribution in [3.05, 3.63) is 22.8 Å². The van der Waals surface area contributed by atoms with E-state index in [0.29, 0.717) is 0 Å². The second-order valence-corrected chi connectivity index (χ2v) is 3.24. The van der Waals surface area contributed by atoms with Gasteiger partial charge in [-0.25, -0.2) is 9.78 Å². The molecular weight excluding hydrogens is 246 g/mol. The van der Waals surface area contributed by atoms with Crippen molar-refractivity contribution in [1.82, 2.24) is 4.98 Å². The van der Waals surface area contributed by atoms with Crippen molar-refractivity contribution in [3.8, 4) is 6.07 Å². The number of ether oxygens (including phenoxy) is 1. The second kappa shape index (κ2) is 5.82. The second-order valence-electron chi connectivity index (χ2n) is 2.85. The zero-order valence-electron chi connectivity index (χ0n) is 8.86. The standard InChI is InChI=1S/C10H8ClN3O3/c1-2-17-10(16)9(15)14-8-4-6(5-12)3-7(11)13-8/h3-4H,2H2,1H3,(H,13,14,15). The van der Waals surface area contributed by atoms with Crippen LogP contribution in [0.2, 0.25) is 5.15 Å². The molecule has 0 spiro atoms. The minimum absolute atomic E-state index is 0.0205. The van der Waals surface area contributed by atoms with E-state index in [1.165, 1.54) is 12.1 Å². The monoisotopic (exact) mass is 253 g/mol. The maximum atomic E-state index is 11.3. The molecule has 1 aromatic heterocycles. The minimum Gasteiger partial charge on any atom is -0.459 e. The Bertz CT molecular complexity index is 496. The first-order valence-electron chi connectivity index (χ1n) is 4.62. The van der Waals surface area contributed by atoms with Crippen molar-refractivity contribution in [1.29, 1.82) is 5.26 Å². The number of hydrogen-bond acceptors (Lipinski definition) is 5. The number of nitrogens with zero attached hydrogens (tertiary/aromatic N) is 2. The molecule has 0 unspecified atom stereocenters. The van der Waals surface area contributed by atoms with Crippen molar-refractivity contribution in [3.63, 3.8) is 0 Å². The number of halogens is 1. The fourth-order valence-corrected chi connectivity index (χ4v) is 1.20. The number of hydrogen-bond donors (Lipinski definition) is 1. The zero-order chi connectivity index (χ0) is 12.8. The van der Waals surface area contributed by atoms with Gasteiger partial charge in [0.1, 0.15) is 11.0 Å². The molecule has 17 heavy (non-hydrogen) atoms. The molecule has 1 N–H and O–H groups in total. The number of aromatic nitrogens is 1. The molecule has 88 valence electrons. The van der Waals surface area contributed by atoms with Gasteiger partial charge in [-0.2, -0.15) is 5.26 Å². The Kier molecular flexibility index (Phi) is 4.43. The van der Waals surface area contributed by atoms with Crippen molar-refractivity contribution in [2.75, 3.05) is 11.9 Å². The lowest BCUT2D eigenvalue weighted by atomic mass is 10.3. The van der Waals surface area contributed by atoms with E-state index < -0.39 is 11.9 Å². The Balaban J connectivity index is 2.82. The molecular formula is C10H8ClN3O3. The van der Waals surface area contributed by atoms with E-state index in [1.807, 2.05) is 6.07 Å². The van der Waals surface area contributed by atoms with Crippen LogP contribution >= 0.6 is 11.6 Å². The summed E-state index contributed by atoms with van der Waals surface area (Å²) in [6.07, 6.45) is 0. The summed E-state index contributed by atoms with van der Waals surface area (Å²) >= 11 is 5.62.